The highest BCUT2D eigenvalue weighted by Crippen LogP contribution is 2.54. The van der Waals surface area contributed by atoms with Gasteiger partial charge in [-0.25, -0.2) is 4.79 Å². The van der Waals surface area contributed by atoms with Gasteiger partial charge in [0.2, 0.25) is 0 Å². The van der Waals surface area contributed by atoms with Crippen LogP contribution < -0.4 is 19.8 Å². The van der Waals surface area contributed by atoms with Crippen molar-refractivity contribution < 1.29 is 43.1 Å². The van der Waals surface area contributed by atoms with E-state index in [2.05, 4.69) is 52.3 Å². The van der Waals surface area contributed by atoms with E-state index in [1.165, 1.54) is 7.11 Å². The van der Waals surface area contributed by atoms with Crippen molar-refractivity contribution in [2.75, 3.05) is 27.6 Å². The van der Waals surface area contributed by atoms with Crippen LogP contribution in [0.2, 0.25) is 30.7 Å². The fraction of sp³-hybridized carbons (Fsp3) is 0.543. The number of ether oxygens (including phenoxy) is 6. The van der Waals surface area contributed by atoms with E-state index in [1.54, 1.807) is 13.2 Å². The van der Waals surface area contributed by atoms with Gasteiger partial charge in [-0.1, -0.05) is 107 Å². The molecule has 3 aromatic rings. The van der Waals surface area contributed by atoms with Gasteiger partial charge in [-0.2, -0.15) is 0 Å². The SMILES string of the molecule is COCOc1cc(OC)cc(C2CC2C[C@@H]2OC(C)(C)O[C@@H]2C(O)C#CC[C@H](C)CC(C)(C)[Si](O)(c2ccccc2)c2ccccc2)c1C(=O)OCC[Si](C)(C)C. The Balaban J connectivity index is 1.28. The van der Waals surface area contributed by atoms with Crippen LogP contribution in [0.25, 0.3) is 0 Å². The summed E-state index contributed by atoms with van der Waals surface area (Å²) < 4.78 is 35.2. The molecule has 11 heteroatoms. The summed E-state index contributed by atoms with van der Waals surface area (Å²) >= 11 is 0. The first-order valence-electron chi connectivity index (χ1n) is 20.3. The number of methoxy groups -OCH3 is 2. The van der Waals surface area contributed by atoms with Crippen LogP contribution in [-0.4, -0.2) is 84.0 Å². The van der Waals surface area contributed by atoms with Crippen molar-refractivity contribution in [2.45, 2.75) is 121 Å². The average molecular weight is 817 g/mol. The lowest BCUT2D eigenvalue weighted by molar-refractivity contribution is -0.152. The molecule has 1 aliphatic carbocycles. The lowest BCUT2D eigenvalue weighted by Crippen LogP contribution is -2.65. The normalized spacial score (nSPS) is 21.5. The zero-order chi connectivity index (χ0) is 41.6. The van der Waals surface area contributed by atoms with E-state index in [-0.39, 0.29) is 24.5 Å². The van der Waals surface area contributed by atoms with Gasteiger partial charge in [0.05, 0.1) is 19.8 Å². The lowest BCUT2D eigenvalue weighted by Gasteiger charge is -2.42. The van der Waals surface area contributed by atoms with Crippen LogP contribution in [0, 0.1) is 23.7 Å². The first-order valence-corrected chi connectivity index (χ1v) is 25.9. The van der Waals surface area contributed by atoms with Crippen molar-refractivity contribution in [3.05, 3.63) is 83.9 Å². The minimum absolute atomic E-state index is 0.0268. The molecular formula is C46H64O9Si2. The summed E-state index contributed by atoms with van der Waals surface area (Å²) in [6.45, 7) is 17.3. The molecule has 57 heavy (non-hydrogen) atoms. The van der Waals surface area contributed by atoms with Crippen LogP contribution in [0.3, 0.4) is 0 Å². The lowest BCUT2D eigenvalue weighted by atomic mass is 9.94. The predicted octanol–water partition coefficient (Wildman–Crippen LogP) is 7.50. The van der Waals surface area contributed by atoms with Crippen LogP contribution in [0.15, 0.2) is 72.8 Å². The topological polar surface area (TPSA) is 113 Å². The van der Waals surface area contributed by atoms with Crippen molar-refractivity contribution >= 4 is 32.7 Å². The monoisotopic (exact) mass is 816 g/mol. The molecule has 6 atom stereocenters. The smallest absolute Gasteiger partial charge is 0.342 e. The van der Waals surface area contributed by atoms with E-state index in [9.17, 15) is 14.7 Å². The number of benzene rings is 3. The molecule has 0 spiro atoms. The molecule has 0 radical (unpaired) electrons. The van der Waals surface area contributed by atoms with Crippen LogP contribution in [0.4, 0.5) is 0 Å². The molecule has 1 saturated carbocycles. The summed E-state index contributed by atoms with van der Waals surface area (Å²) in [5, 5.41) is 13.0. The molecule has 2 fully saturated rings. The van der Waals surface area contributed by atoms with E-state index in [4.69, 9.17) is 28.4 Å². The average Bonchev–Trinajstić information content (AvgIpc) is 3.86. The maximum absolute atomic E-state index is 13.7. The summed E-state index contributed by atoms with van der Waals surface area (Å²) in [6, 6.07) is 24.6. The largest absolute Gasteiger partial charge is 0.497 e. The number of carbonyl (C=O) groups is 1. The highest BCUT2D eigenvalue weighted by atomic mass is 28.4. The quantitative estimate of drug-likeness (QED) is 0.0584. The third kappa shape index (κ3) is 11.2. The summed E-state index contributed by atoms with van der Waals surface area (Å²) in [7, 11) is -1.45. The second-order valence-corrected chi connectivity index (χ2v) is 27.7. The van der Waals surface area contributed by atoms with Crippen molar-refractivity contribution in [2.24, 2.45) is 11.8 Å². The van der Waals surface area contributed by atoms with E-state index in [0.29, 0.717) is 36.5 Å². The van der Waals surface area contributed by atoms with Gasteiger partial charge >= 0.3 is 5.97 Å². The molecule has 2 aliphatic rings. The molecular weight excluding hydrogens is 753 g/mol. The molecule has 1 heterocycles. The summed E-state index contributed by atoms with van der Waals surface area (Å²) in [6.07, 6.45) is 0.623. The van der Waals surface area contributed by atoms with Gasteiger partial charge in [-0.15, -0.1) is 5.92 Å². The standard InChI is InChI=1S/C46H64O9Si2/c1-32(30-45(2,3)57(49,35-19-13-11-14-20-35)36-21-15-12-16-22-36)18-17-23-39(47)43-41(54-46(4,5)55-43)27-33-26-37(33)38-28-34(51-7)29-40(53-31-50-6)42(38)44(48)52-24-25-56(8,9)10/h11-16,19-22,28-29,32-33,37,39,41,43,47,49H,18,24-27,30-31H2,1-10H3/t32-,33?,37?,39?,41-,43+/m0/s1. The summed E-state index contributed by atoms with van der Waals surface area (Å²) in [4.78, 5) is 26.3. The van der Waals surface area contributed by atoms with E-state index in [0.717, 1.165) is 34.8 Å². The number of aliphatic hydroxyl groups excluding tert-OH is 1. The first-order chi connectivity index (χ1) is 26.9. The van der Waals surface area contributed by atoms with Gasteiger partial charge in [0.25, 0.3) is 8.32 Å². The fourth-order valence-corrected chi connectivity index (χ4v) is 12.9. The van der Waals surface area contributed by atoms with E-state index >= 15 is 0 Å². The third-order valence-electron chi connectivity index (χ3n) is 11.3. The van der Waals surface area contributed by atoms with Gasteiger partial charge in [0.1, 0.15) is 29.3 Å². The maximum Gasteiger partial charge on any atom is 0.342 e. The molecule has 2 N–H and O–H groups in total. The molecule has 0 bridgehead atoms. The molecule has 0 aromatic heterocycles. The Hall–Kier alpha value is -3.48. The van der Waals surface area contributed by atoms with E-state index < -0.39 is 51.5 Å². The molecule has 3 unspecified atom stereocenters. The number of aliphatic hydroxyl groups is 1. The van der Waals surface area contributed by atoms with E-state index in [1.807, 2.05) is 80.6 Å². The number of esters is 1. The Kier molecular flexibility index (Phi) is 14.6. The van der Waals surface area contributed by atoms with Gasteiger partial charge in [0.15, 0.2) is 12.6 Å². The Bertz CT molecular complexity index is 1810. The number of carbonyl (C=O) groups excluding carboxylic acids is 1. The zero-order valence-electron chi connectivity index (χ0n) is 35.6. The Labute approximate surface area is 342 Å². The molecule has 9 nitrogen and oxygen atoms in total. The van der Waals surface area contributed by atoms with Gasteiger partial charge in [0, 0.05) is 27.7 Å². The van der Waals surface area contributed by atoms with Gasteiger partial charge < -0.3 is 38.3 Å². The van der Waals surface area contributed by atoms with Crippen molar-refractivity contribution in [1.82, 2.24) is 0 Å². The highest BCUT2D eigenvalue weighted by molar-refractivity contribution is 6.98. The Morgan fingerprint density at radius 1 is 1.00 bits per heavy atom. The van der Waals surface area contributed by atoms with Crippen LogP contribution in [0.1, 0.15) is 82.1 Å². The molecule has 1 aliphatic heterocycles. The van der Waals surface area contributed by atoms with Crippen LogP contribution in [0.5, 0.6) is 11.5 Å². The minimum Gasteiger partial charge on any atom is -0.497 e. The van der Waals surface area contributed by atoms with Crippen molar-refractivity contribution in [1.29, 1.82) is 0 Å². The molecule has 310 valence electrons. The number of hydrogen-bond donors (Lipinski definition) is 2. The first kappa shape index (κ1) is 44.6. The number of hydrogen-bond acceptors (Lipinski definition) is 9. The molecule has 5 rings (SSSR count). The fourth-order valence-electron chi connectivity index (χ4n) is 8.32. The van der Waals surface area contributed by atoms with Crippen molar-refractivity contribution in [3.8, 4) is 23.3 Å². The predicted molar refractivity (Wildman–Crippen MR) is 230 cm³/mol. The molecule has 0 amide bonds. The Morgan fingerprint density at radius 3 is 2.21 bits per heavy atom. The Morgan fingerprint density at radius 2 is 1.63 bits per heavy atom. The third-order valence-corrected chi connectivity index (χ3v) is 17.5. The molecule has 1 saturated heterocycles. The zero-order valence-corrected chi connectivity index (χ0v) is 37.6. The van der Waals surface area contributed by atoms with Crippen LogP contribution in [-0.2, 0) is 18.9 Å². The van der Waals surface area contributed by atoms with Crippen molar-refractivity contribution in [3.63, 3.8) is 0 Å². The molecule has 3 aromatic carbocycles. The van der Waals surface area contributed by atoms with Crippen LogP contribution >= 0.6 is 0 Å². The second kappa shape index (κ2) is 18.6. The summed E-state index contributed by atoms with van der Waals surface area (Å²) in [5.41, 5.74) is 1.21. The van der Waals surface area contributed by atoms with Gasteiger partial charge in [-0.05, 0) is 83.9 Å². The minimum atomic E-state index is -3.16. The second-order valence-electron chi connectivity index (χ2n) is 18.2. The highest BCUT2D eigenvalue weighted by Gasteiger charge is 2.51. The maximum atomic E-state index is 13.7. The van der Waals surface area contributed by atoms with Gasteiger partial charge in [-0.3, -0.25) is 0 Å². The summed E-state index contributed by atoms with van der Waals surface area (Å²) in [5.74, 6) is 6.32. The number of rotatable bonds is 18.